The summed E-state index contributed by atoms with van der Waals surface area (Å²) in [6.45, 7) is 10.9. The summed E-state index contributed by atoms with van der Waals surface area (Å²) in [4.78, 5) is 0. The molecule has 0 spiro atoms. The third-order valence-corrected chi connectivity index (χ3v) is 2.56. The van der Waals surface area contributed by atoms with E-state index in [0.717, 1.165) is 0 Å². The van der Waals surface area contributed by atoms with Gasteiger partial charge in [0.1, 0.15) is 0 Å². The van der Waals surface area contributed by atoms with Gasteiger partial charge >= 0.3 is 19.5 Å². The van der Waals surface area contributed by atoms with Crippen molar-refractivity contribution >= 4 is 0 Å². The molecule has 0 aliphatic heterocycles. The second-order valence-electron chi connectivity index (χ2n) is 3.62. The van der Waals surface area contributed by atoms with Gasteiger partial charge in [0.2, 0.25) is 0 Å². The van der Waals surface area contributed by atoms with Gasteiger partial charge in [-0.05, 0) is 0 Å². The van der Waals surface area contributed by atoms with E-state index in [-0.39, 0.29) is 37.3 Å². The third kappa shape index (κ3) is 2.44. The van der Waals surface area contributed by atoms with Crippen LogP contribution in [0.2, 0.25) is 0 Å². The topological polar surface area (TPSA) is 0 Å². The Bertz CT molecular complexity index is 224. The second-order valence-corrected chi connectivity index (χ2v) is 3.62. The number of hydrogen-bond acceptors (Lipinski definition) is 0. The van der Waals surface area contributed by atoms with E-state index in [0.29, 0.717) is 0 Å². The Morgan fingerprint density at radius 1 is 1.08 bits per heavy atom. The first-order valence-corrected chi connectivity index (χ1v) is 3.75. The first-order chi connectivity index (χ1) is 4.45. The van der Waals surface area contributed by atoms with Gasteiger partial charge < -0.3 is 12.4 Å². The molecule has 0 fully saturated rings. The van der Waals surface area contributed by atoms with E-state index in [1.54, 1.807) is 0 Å². The Balaban J connectivity index is 0. The number of rotatable bonds is 0. The van der Waals surface area contributed by atoms with Crippen LogP contribution in [0.5, 0.6) is 0 Å². The fourth-order valence-corrected chi connectivity index (χ4v) is 1.41. The first kappa shape index (κ1) is 14.9. The first-order valence-electron chi connectivity index (χ1n) is 3.75. The molecule has 0 radical (unpaired) electrons. The summed E-state index contributed by atoms with van der Waals surface area (Å²) in [5.74, 6) is 0. The fourth-order valence-electron chi connectivity index (χ4n) is 1.41. The zero-order valence-electron chi connectivity index (χ0n) is 8.23. The van der Waals surface area contributed by atoms with E-state index >= 15 is 0 Å². The van der Waals surface area contributed by atoms with E-state index in [9.17, 15) is 0 Å². The van der Waals surface area contributed by atoms with Crippen LogP contribution in [0.25, 0.3) is 0 Å². The summed E-state index contributed by atoms with van der Waals surface area (Å²) in [6.07, 6.45) is 3.44. The van der Waals surface area contributed by atoms with Gasteiger partial charge in [-0.1, -0.05) is 33.1 Å². The molecular weight excluding hydrogens is 257 g/mol. The summed E-state index contributed by atoms with van der Waals surface area (Å²) in [5.41, 5.74) is 4.39. The van der Waals surface area contributed by atoms with Gasteiger partial charge in [0, 0.05) is 0 Å². The van der Waals surface area contributed by atoms with Crippen LogP contribution in [-0.4, -0.2) is 0 Å². The van der Waals surface area contributed by atoms with Crippen molar-refractivity contribution in [3.05, 3.63) is 22.8 Å². The molecule has 0 atom stereocenters. The van der Waals surface area contributed by atoms with Crippen LogP contribution in [0.1, 0.15) is 34.6 Å². The summed E-state index contributed by atoms with van der Waals surface area (Å²) in [5, 5.41) is 0. The molecule has 70 valence electrons. The molecular formula is C10H15ClRu. The maximum Gasteiger partial charge on any atom is 2.00 e. The minimum atomic E-state index is 0. The zero-order chi connectivity index (χ0) is 7.94. The van der Waals surface area contributed by atoms with Crippen molar-refractivity contribution in [1.82, 2.24) is 0 Å². The van der Waals surface area contributed by atoms with Crippen LogP contribution in [-0.2, 0) is 19.5 Å². The molecule has 0 unspecified atom stereocenters. The molecule has 1 aliphatic carbocycles. The third-order valence-electron chi connectivity index (χ3n) is 2.56. The van der Waals surface area contributed by atoms with Crippen LogP contribution < -0.4 is 12.4 Å². The Hall–Kier alpha value is 0.393. The molecule has 12 heavy (non-hydrogen) atoms. The predicted molar refractivity (Wildman–Crippen MR) is 44.6 cm³/mol. The van der Waals surface area contributed by atoms with Gasteiger partial charge in [-0.15, -0.1) is 6.92 Å². The molecule has 0 aromatic carbocycles. The van der Waals surface area contributed by atoms with Gasteiger partial charge in [-0.2, -0.15) is 11.1 Å². The van der Waals surface area contributed by atoms with Crippen molar-refractivity contribution in [3.8, 4) is 0 Å². The Morgan fingerprint density at radius 3 is 1.58 bits per heavy atom. The summed E-state index contributed by atoms with van der Waals surface area (Å²) in [7, 11) is 0. The summed E-state index contributed by atoms with van der Waals surface area (Å²) in [6, 6.07) is 0. The number of hydrogen-bond donors (Lipinski definition) is 0. The zero-order valence-corrected chi connectivity index (χ0v) is 10.7. The molecule has 1 aliphatic rings. The average Bonchev–Trinajstić information content (AvgIpc) is 1.95. The predicted octanol–water partition coefficient (Wildman–Crippen LogP) is 0.114. The van der Waals surface area contributed by atoms with Gasteiger partial charge in [0.15, 0.2) is 0 Å². The van der Waals surface area contributed by atoms with Crippen LogP contribution in [0.3, 0.4) is 0 Å². The Labute approximate surface area is 94.7 Å². The summed E-state index contributed by atoms with van der Waals surface area (Å²) >= 11 is 0. The van der Waals surface area contributed by atoms with Crippen molar-refractivity contribution in [2.75, 3.05) is 0 Å². The quantitative estimate of drug-likeness (QED) is 0.434. The number of halogens is 1. The second kappa shape index (κ2) is 4.58. The maximum absolute atomic E-state index is 3.44. The molecule has 0 heterocycles. The van der Waals surface area contributed by atoms with Crippen molar-refractivity contribution in [1.29, 1.82) is 0 Å². The van der Waals surface area contributed by atoms with Crippen LogP contribution in [0.15, 0.2) is 16.7 Å². The van der Waals surface area contributed by atoms with E-state index < -0.39 is 0 Å². The molecule has 0 aromatic heterocycles. The van der Waals surface area contributed by atoms with Crippen LogP contribution in [0.4, 0.5) is 0 Å². The van der Waals surface area contributed by atoms with Gasteiger partial charge in [-0.3, -0.25) is 6.08 Å². The maximum atomic E-state index is 3.44. The molecule has 0 saturated carbocycles. The van der Waals surface area contributed by atoms with Gasteiger partial charge in [0.05, 0.1) is 0 Å². The van der Waals surface area contributed by atoms with Crippen molar-refractivity contribution < 1.29 is 31.9 Å². The molecule has 0 N–H and O–H groups in total. The molecule has 0 amide bonds. The van der Waals surface area contributed by atoms with Crippen molar-refractivity contribution in [3.63, 3.8) is 0 Å². The van der Waals surface area contributed by atoms with E-state index in [1.807, 2.05) is 0 Å². The smallest absolute Gasteiger partial charge is 1.00 e. The van der Waals surface area contributed by atoms with Crippen LogP contribution >= 0.6 is 0 Å². The van der Waals surface area contributed by atoms with Crippen LogP contribution in [0, 0.1) is 11.5 Å². The normalized spacial score (nSPS) is 19.6. The van der Waals surface area contributed by atoms with E-state index in [2.05, 4.69) is 40.7 Å². The molecule has 1 rings (SSSR count). The van der Waals surface area contributed by atoms with E-state index in [1.165, 1.54) is 16.7 Å². The SMILES string of the molecule is CC1=[C-]C(C)(C)C(C)=C1C.[Cl-].[Ru+2]. The fraction of sp³-hybridized carbons (Fsp3) is 0.600. The minimum absolute atomic E-state index is 0. The molecule has 0 nitrogen and oxygen atoms in total. The molecule has 0 saturated heterocycles. The van der Waals surface area contributed by atoms with E-state index in [4.69, 9.17) is 0 Å². The Morgan fingerprint density at radius 2 is 1.50 bits per heavy atom. The van der Waals surface area contributed by atoms with Gasteiger partial charge in [-0.25, -0.2) is 5.57 Å². The summed E-state index contributed by atoms with van der Waals surface area (Å²) < 4.78 is 0. The molecule has 0 aromatic rings. The monoisotopic (exact) mass is 272 g/mol. The standard InChI is InChI=1S/C10H15.ClH.Ru/c1-7-6-10(4,5)9(3)8(7)2;;/h1-5H3;1H;/q-1;;+2/p-1. The molecule has 0 bridgehead atoms. The molecule has 2 heteroatoms. The van der Waals surface area contributed by atoms with Crippen molar-refractivity contribution in [2.24, 2.45) is 5.41 Å². The van der Waals surface area contributed by atoms with Gasteiger partial charge in [0.25, 0.3) is 0 Å². The Kier molecular flexibility index (Phi) is 5.68. The number of allylic oxidation sites excluding steroid dienone is 4. The largest absolute Gasteiger partial charge is 2.00 e. The van der Waals surface area contributed by atoms with Crippen molar-refractivity contribution in [2.45, 2.75) is 34.6 Å². The average molecular weight is 272 g/mol. The minimum Gasteiger partial charge on any atom is -1.00 e.